The van der Waals surface area contributed by atoms with Gasteiger partial charge in [-0.15, -0.1) is 0 Å². The Labute approximate surface area is 82.3 Å². The van der Waals surface area contributed by atoms with Crippen molar-refractivity contribution >= 4 is 17.9 Å². The Morgan fingerprint density at radius 3 is 2.93 bits per heavy atom. The van der Waals surface area contributed by atoms with Crippen molar-refractivity contribution in [1.82, 2.24) is 0 Å². The highest BCUT2D eigenvalue weighted by atomic mass is 16.1. The van der Waals surface area contributed by atoms with Crippen molar-refractivity contribution in [2.24, 2.45) is 0 Å². The number of anilines is 1. The number of rotatable bonds is 2. The van der Waals surface area contributed by atoms with E-state index in [1.54, 1.807) is 11.0 Å². The predicted molar refractivity (Wildman–Crippen MR) is 53.6 cm³/mol. The van der Waals surface area contributed by atoms with Crippen molar-refractivity contribution in [2.75, 3.05) is 11.4 Å². The van der Waals surface area contributed by atoms with Crippen LogP contribution in [0.2, 0.25) is 0 Å². The molecule has 1 aromatic carbocycles. The number of benzene rings is 1. The summed E-state index contributed by atoms with van der Waals surface area (Å²) in [5, 5.41) is 0. The predicted octanol–water partition coefficient (Wildman–Crippen LogP) is 1.41. The fourth-order valence-corrected chi connectivity index (χ4v) is 1.73. The van der Waals surface area contributed by atoms with E-state index in [0.29, 0.717) is 5.56 Å². The molecule has 0 saturated carbocycles. The van der Waals surface area contributed by atoms with Crippen LogP contribution in [-0.2, 0) is 11.2 Å². The van der Waals surface area contributed by atoms with Crippen molar-refractivity contribution in [3.63, 3.8) is 0 Å². The summed E-state index contributed by atoms with van der Waals surface area (Å²) in [5.74, 6) is 0.0329. The van der Waals surface area contributed by atoms with Gasteiger partial charge < -0.3 is 4.90 Å². The van der Waals surface area contributed by atoms with Crippen molar-refractivity contribution in [3.05, 3.63) is 29.3 Å². The zero-order chi connectivity index (χ0) is 10.1. The number of hydrogen-bond donors (Lipinski definition) is 0. The van der Waals surface area contributed by atoms with Gasteiger partial charge in [-0.1, -0.05) is 12.1 Å². The lowest BCUT2D eigenvalue weighted by Gasteiger charge is -2.10. The summed E-state index contributed by atoms with van der Waals surface area (Å²) >= 11 is 0. The molecule has 0 unspecified atom stereocenters. The molecule has 1 heterocycles. The van der Waals surface area contributed by atoms with Gasteiger partial charge in [0.05, 0.1) is 0 Å². The Morgan fingerprint density at radius 1 is 1.50 bits per heavy atom. The molecule has 0 bridgehead atoms. The van der Waals surface area contributed by atoms with Crippen LogP contribution < -0.4 is 4.90 Å². The lowest BCUT2D eigenvalue weighted by Crippen LogP contribution is -2.17. The number of ketones is 1. The van der Waals surface area contributed by atoms with E-state index in [2.05, 4.69) is 0 Å². The summed E-state index contributed by atoms with van der Waals surface area (Å²) in [4.78, 5) is 23.5. The van der Waals surface area contributed by atoms with Crippen molar-refractivity contribution in [2.45, 2.75) is 13.3 Å². The molecule has 1 aromatic rings. The van der Waals surface area contributed by atoms with Gasteiger partial charge in [0.25, 0.3) is 0 Å². The van der Waals surface area contributed by atoms with Gasteiger partial charge in [-0.2, -0.15) is 0 Å². The van der Waals surface area contributed by atoms with Crippen molar-refractivity contribution in [3.8, 4) is 0 Å². The van der Waals surface area contributed by atoms with Gasteiger partial charge in [0, 0.05) is 17.8 Å². The van der Waals surface area contributed by atoms with Gasteiger partial charge in [-0.05, 0) is 25.0 Å². The zero-order valence-corrected chi connectivity index (χ0v) is 7.99. The summed E-state index contributed by atoms with van der Waals surface area (Å²) in [5.41, 5.74) is 2.69. The van der Waals surface area contributed by atoms with Crippen molar-refractivity contribution in [1.29, 1.82) is 0 Å². The van der Waals surface area contributed by atoms with Crippen LogP contribution in [-0.4, -0.2) is 18.7 Å². The standard InChI is InChI=1S/C11H11NO2/c1-8(14)10-3-2-9-4-5-12(7-13)11(9)6-10/h2-3,6-7H,4-5H2,1H3. The average molecular weight is 189 g/mol. The Kier molecular flexibility index (Phi) is 2.08. The van der Waals surface area contributed by atoms with Crippen LogP contribution in [0.25, 0.3) is 0 Å². The molecule has 3 nitrogen and oxygen atoms in total. The Hall–Kier alpha value is -1.64. The number of nitrogens with zero attached hydrogens (tertiary/aromatic N) is 1. The topological polar surface area (TPSA) is 37.4 Å². The summed E-state index contributed by atoms with van der Waals surface area (Å²) < 4.78 is 0. The second-order valence-electron chi connectivity index (χ2n) is 3.45. The molecule has 72 valence electrons. The zero-order valence-electron chi connectivity index (χ0n) is 7.99. The van der Waals surface area contributed by atoms with E-state index in [0.717, 1.165) is 30.6 Å². The van der Waals surface area contributed by atoms with E-state index in [4.69, 9.17) is 0 Å². The quantitative estimate of drug-likeness (QED) is 0.521. The van der Waals surface area contributed by atoms with Crippen LogP contribution in [0.4, 0.5) is 5.69 Å². The number of fused-ring (bicyclic) bond motifs is 1. The minimum atomic E-state index is 0.0329. The highest BCUT2D eigenvalue weighted by molar-refractivity contribution is 5.96. The Bertz CT molecular complexity index is 398. The average Bonchev–Trinajstić information content (AvgIpc) is 2.59. The maximum atomic E-state index is 11.1. The Balaban J connectivity index is 2.47. The van der Waals surface area contributed by atoms with E-state index in [1.807, 2.05) is 12.1 Å². The van der Waals surface area contributed by atoms with E-state index in [1.165, 1.54) is 6.92 Å². The Morgan fingerprint density at radius 2 is 2.29 bits per heavy atom. The largest absolute Gasteiger partial charge is 0.314 e. The molecule has 0 spiro atoms. The maximum absolute atomic E-state index is 11.1. The first-order valence-corrected chi connectivity index (χ1v) is 4.58. The smallest absolute Gasteiger partial charge is 0.214 e. The molecule has 14 heavy (non-hydrogen) atoms. The molecule has 0 saturated heterocycles. The first kappa shape index (κ1) is 8.94. The third-order valence-electron chi connectivity index (χ3n) is 2.55. The van der Waals surface area contributed by atoms with Crippen LogP contribution in [0.15, 0.2) is 18.2 Å². The first-order chi connectivity index (χ1) is 6.72. The normalized spacial score (nSPS) is 13.9. The maximum Gasteiger partial charge on any atom is 0.214 e. The van der Waals surface area contributed by atoms with E-state index < -0.39 is 0 Å². The molecular formula is C11H11NO2. The van der Waals surface area contributed by atoms with Gasteiger partial charge in [-0.25, -0.2) is 0 Å². The van der Waals surface area contributed by atoms with Gasteiger partial charge in [-0.3, -0.25) is 9.59 Å². The lowest BCUT2D eigenvalue weighted by atomic mass is 10.1. The number of carbonyl (C=O) groups excluding carboxylic acids is 2. The van der Waals surface area contributed by atoms with Crippen LogP contribution >= 0.6 is 0 Å². The summed E-state index contributed by atoms with van der Waals surface area (Å²) in [6.45, 7) is 2.25. The molecule has 2 rings (SSSR count). The highest BCUT2D eigenvalue weighted by Gasteiger charge is 2.18. The number of amides is 1. The molecule has 0 N–H and O–H groups in total. The molecule has 1 aliphatic rings. The third kappa shape index (κ3) is 1.31. The fraction of sp³-hybridized carbons (Fsp3) is 0.273. The fourth-order valence-electron chi connectivity index (χ4n) is 1.73. The number of carbonyl (C=O) groups is 2. The van der Waals surface area contributed by atoms with Gasteiger partial charge >= 0.3 is 0 Å². The van der Waals surface area contributed by atoms with Gasteiger partial charge in [0.15, 0.2) is 5.78 Å². The molecule has 1 amide bonds. The van der Waals surface area contributed by atoms with Crippen LogP contribution in [0.1, 0.15) is 22.8 Å². The van der Waals surface area contributed by atoms with Gasteiger partial charge in [0.1, 0.15) is 0 Å². The molecule has 0 aliphatic carbocycles. The second-order valence-corrected chi connectivity index (χ2v) is 3.45. The summed E-state index contributed by atoms with van der Waals surface area (Å²) in [6.07, 6.45) is 1.70. The molecule has 3 heteroatoms. The molecular weight excluding hydrogens is 178 g/mol. The van der Waals surface area contributed by atoms with E-state index in [-0.39, 0.29) is 5.78 Å². The summed E-state index contributed by atoms with van der Waals surface area (Å²) in [7, 11) is 0. The van der Waals surface area contributed by atoms with Gasteiger partial charge in [0.2, 0.25) is 6.41 Å². The van der Waals surface area contributed by atoms with Crippen LogP contribution in [0.5, 0.6) is 0 Å². The van der Waals surface area contributed by atoms with Crippen LogP contribution in [0, 0.1) is 0 Å². The lowest BCUT2D eigenvalue weighted by molar-refractivity contribution is -0.107. The van der Waals surface area contributed by atoms with Crippen LogP contribution in [0.3, 0.4) is 0 Å². The first-order valence-electron chi connectivity index (χ1n) is 4.58. The number of Topliss-reactive ketones (excluding diaryl/α,β-unsaturated/α-hetero) is 1. The van der Waals surface area contributed by atoms with Crippen molar-refractivity contribution < 1.29 is 9.59 Å². The minimum absolute atomic E-state index is 0.0329. The molecule has 0 atom stereocenters. The second kappa shape index (κ2) is 3.25. The summed E-state index contributed by atoms with van der Waals surface area (Å²) in [6, 6.07) is 5.53. The number of hydrogen-bond acceptors (Lipinski definition) is 2. The molecule has 0 aromatic heterocycles. The minimum Gasteiger partial charge on any atom is -0.314 e. The third-order valence-corrected chi connectivity index (χ3v) is 2.55. The SMILES string of the molecule is CC(=O)c1ccc2c(c1)N(C=O)CC2. The molecule has 1 aliphatic heterocycles. The molecule has 0 radical (unpaired) electrons. The van der Waals surface area contributed by atoms with E-state index >= 15 is 0 Å². The monoisotopic (exact) mass is 189 g/mol. The molecule has 0 fully saturated rings. The highest BCUT2D eigenvalue weighted by Crippen LogP contribution is 2.27. The van der Waals surface area contributed by atoms with E-state index in [9.17, 15) is 9.59 Å².